The molecule has 2 aromatic rings. The Balaban J connectivity index is 1.51. The van der Waals surface area contributed by atoms with Crippen LogP contribution in [0.4, 0.5) is 11.4 Å². The molecule has 0 radical (unpaired) electrons. The zero-order chi connectivity index (χ0) is 20.4. The van der Waals surface area contributed by atoms with Crippen LogP contribution in [0.2, 0.25) is 0 Å². The van der Waals surface area contributed by atoms with Gasteiger partial charge in [0.05, 0.1) is 17.9 Å². The lowest BCUT2D eigenvalue weighted by atomic mass is 9.99. The number of carbonyl (C=O) groups is 1. The third kappa shape index (κ3) is 3.55. The minimum Gasteiger partial charge on any atom is -0.328 e. The number of Topliss-reactive ketones (excluding diaryl/α,β-unsaturated/α-hetero) is 1. The number of hydrogen-bond acceptors (Lipinski definition) is 5. The molecule has 0 atom stereocenters. The lowest BCUT2D eigenvalue weighted by Gasteiger charge is -2.26. The summed E-state index contributed by atoms with van der Waals surface area (Å²) in [6, 6.07) is 20.4. The van der Waals surface area contributed by atoms with Crippen molar-refractivity contribution in [2.24, 2.45) is 0 Å². The Hall–Kier alpha value is -3.36. The third-order valence-electron chi connectivity index (χ3n) is 5.66. The van der Waals surface area contributed by atoms with Crippen molar-refractivity contribution in [3.05, 3.63) is 77.6 Å². The highest BCUT2D eigenvalue weighted by Crippen LogP contribution is 2.40. The maximum Gasteiger partial charge on any atom is 0.191 e. The molecule has 2 aromatic carbocycles. The Morgan fingerprint density at radius 1 is 1.00 bits per heavy atom. The number of fused-ring (bicyclic) bond motifs is 1. The summed E-state index contributed by atoms with van der Waals surface area (Å²) >= 11 is 0. The van der Waals surface area contributed by atoms with Crippen LogP contribution in [0.1, 0.15) is 12.0 Å². The average Bonchev–Trinajstić information content (AvgIpc) is 3.01. The molecule has 0 aromatic heterocycles. The summed E-state index contributed by atoms with van der Waals surface area (Å²) in [6.07, 6.45) is 3.09. The average molecular weight is 384 g/mol. The topological polar surface area (TPSA) is 50.6 Å². The van der Waals surface area contributed by atoms with E-state index >= 15 is 0 Å². The lowest BCUT2D eigenvalue weighted by molar-refractivity contribution is -0.116. The number of carbonyl (C=O) groups excluding carboxylic acids is 1. The van der Waals surface area contributed by atoms with E-state index in [0.29, 0.717) is 5.82 Å². The van der Waals surface area contributed by atoms with Crippen molar-refractivity contribution in [2.75, 3.05) is 43.5 Å². The fraction of sp³-hybridized carbons (Fsp3) is 0.250. The first kappa shape index (κ1) is 19.0. The van der Waals surface area contributed by atoms with Crippen molar-refractivity contribution in [1.29, 1.82) is 5.26 Å². The number of hydrogen-bond donors (Lipinski definition) is 0. The molecule has 146 valence electrons. The smallest absolute Gasteiger partial charge is 0.191 e. The van der Waals surface area contributed by atoms with Crippen LogP contribution in [0.15, 0.2) is 72.1 Å². The van der Waals surface area contributed by atoms with Crippen molar-refractivity contribution >= 4 is 22.7 Å². The molecule has 2 aliphatic heterocycles. The van der Waals surface area contributed by atoms with Crippen molar-refractivity contribution in [2.45, 2.75) is 6.42 Å². The van der Waals surface area contributed by atoms with Crippen LogP contribution in [-0.2, 0) is 4.79 Å². The Labute approximate surface area is 171 Å². The fourth-order valence-corrected chi connectivity index (χ4v) is 4.11. The van der Waals surface area contributed by atoms with Gasteiger partial charge >= 0.3 is 0 Å². The highest BCUT2D eigenvalue weighted by Gasteiger charge is 2.31. The second kappa shape index (κ2) is 7.94. The SMILES string of the molecule is CN1C(=C(C#N)C(=O)CN2CC=C(c3ccccc3)CC2)N(C)c2ccccc21. The number of nitriles is 1. The van der Waals surface area contributed by atoms with Crippen LogP contribution in [0.3, 0.4) is 0 Å². The van der Waals surface area contributed by atoms with Gasteiger partial charge in [-0.25, -0.2) is 0 Å². The summed E-state index contributed by atoms with van der Waals surface area (Å²) < 4.78 is 0. The molecule has 5 nitrogen and oxygen atoms in total. The van der Waals surface area contributed by atoms with Crippen molar-refractivity contribution < 1.29 is 4.79 Å². The Bertz CT molecular complexity index is 1000. The van der Waals surface area contributed by atoms with Gasteiger partial charge in [-0.15, -0.1) is 0 Å². The zero-order valence-corrected chi connectivity index (χ0v) is 16.8. The van der Waals surface area contributed by atoms with Gasteiger partial charge in [0.2, 0.25) is 0 Å². The van der Waals surface area contributed by atoms with Crippen molar-refractivity contribution in [1.82, 2.24) is 4.90 Å². The van der Waals surface area contributed by atoms with Crippen LogP contribution >= 0.6 is 0 Å². The molecule has 2 aliphatic rings. The summed E-state index contributed by atoms with van der Waals surface area (Å²) in [5.41, 5.74) is 4.77. The van der Waals surface area contributed by atoms with Crippen molar-refractivity contribution in [3.8, 4) is 6.07 Å². The maximum absolute atomic E-state index is 13.0. The first-order chi connectivity index (χ1) is 14.1. The fourth-order valence-electron chi connectivity index (χ4n) is 4.11. The van der Waals surface area contributed by atoms with Gasteiger partial charge in [-0.3, -0.25) is 9.69 Å². The molecule has 0 unspecified atom stereocenters. The van der Waals surface area contributed by atoms with Crippen LogP contribution in [0.5, 0.6) is 0 Å². The third-order valence-corrected chi connectivity index (χ3v) is 5.66. The highest BCUT2D eigenvalue weighted by atomic mass is 16.1. The van der Waals surface area contributed by atoms with E-state index < -0.39 is 0 Å². The van der Waals surface area contributed by atoms with E-state index in [2.05, 4.69) is 29.2 Å². The summed E-state index contributed by atoms with van der Waals surface area (Å²) in [7, 11) is 3.80. The van der Waals surface area contributed by atoms with Gasteiger partial charge in [-0.1, -0.05) is 48.5 Å². The molecule has 0 fully saturated rings. The van der Waals surface area contributed by atoms with Gasteiger partial charge in [0, 0.05) is 27.2 Å². The molecule has 0 saturated heterocycles. The minimum absolute atomic E-state index is 0.134. The molecular formula is C24H24N4O. The number of para-hydroxylation sites is 2. The van der Waals surface area contributed by atoms with Gasteiger partial charge in [-0.2, -0.15) is 5.26 Å². The van der Waals surface area contributed by atoms with Crippen LogP contribution < -0.4 is 9.80 Å². The quantitative estimate of drug-likeness (QED) is 0.595. The van der Waals surface area contributed by atoms with Gasteiger partial charge in [-0.05, 0) is 29.7 Å². The van der Waals surface area contributed by atoms with E-state index in [1.807, 2.05) is 66.4 Å². The molecule has 4 rings (SSSR count). The van der Waals surface area contributed by atoms with Crippen LogP contribution in [-0.4, -0.2) is 44.4 Å². The molecule has 0 aliphatic carbocycles. The lowest BCUT2D eigenvalue weighted by Crippen LogP contribution is -2.35. The number of ketones is 1. The predicted octanol–water partition coefficient (Wildman–Crippen LogP) is 3.67. The van der Waals surface area contributed by atoms with Crippen LogP contribution in [0, 0.1) is 11.3 Å². The van der Waals surface area contributed by atoms with Crippen LogP contribution in [0.25, 0.3) is 5.57 Å². The minimum atomic E-state index is -0.134. The molecule has 0 saturated carbocycles. The van der Waals surface area contributed by atoms with E-state index in [4.69, 9.17) is 0 Å². The standard InChI is InChI=1S/C24H24N4O/c1-26-21-10-6-7-11-22(21)27(2)24(26)20(16-25)23(29)17-28-14-12-19(13-15-28)18-8-4-3-5-9-18/h3-12H,13-15,17H2,1-2H3. The molecule has 2 heterocycles. The first-order valence-electron chi connectivity index (χ1n) is 9.81. The largest absolute Gasteiger partial charge is 0.328 e. The van der Waals surface area contributed by atoms with Gasteiger partial charge in [0.25, 0.3) is 0 Å². The molecule has 0 amide bonds. The molecule has 0 N–H and O–H groups in total. The van der Waals surface area contributed by atoms with E-state index in [0.717, 1.165) is 30.9 Å². The van der Waals surface area contributed by atoms with Gasteiger partial charge < -0.3 is 9.80 Å². The Kier molecular flexibility index (Phi) is 5.20. The van der Waals surface area contributed by atoms with Gasteiger partial charge in [0.15, 0.2) is 5.78 Å². The first-order valence-corrected chi connectivity index (χ1v) is 9.81. The zero-order valence-electron chi connectivity index (χ0n) is 16.8. The second-order valence-corrected chi connectivity index (χ2v) is 7.42. The summed E-state index contributed by atoms with van der Waals surface area (Å²) in [4.78, 5) is 19.0. The van der Waals surface area contributed by atoms with E-state index in [1.165, 1.54) is 11.1 Å². The van der Waals surface area contributed by atoms with Crippen molar-refractivity contribution in [3.63, 3.8) is 0 Å². The number of nitrogens with zero attached hydrogens (tertiary/aromatic N) is 4. The summed E-state index contributed by atoms with van der Waals surface area (Å²) in [5.74, 6) is 0.516. The number of benzene rings is 2. The molecular weight excluding hydrogens is 360 g/mol. The Morgan fingerprint density at radius 2 is 1.62 bits per heavy atom. The summed E-state index contributed by atoms with van der Waals surface area (Å²) in [5, 5.41) is 9.78. The molecule has 0 bridgehead atoms. The summed E-state index contributed by atoms with van der Waals surface area (Å²) in [6.45, 7) is 1.78. The van der Waals surface area contributed by atoms with E-state index in [-0.39, 0.29) is 17.9 Å². The number of anilines is 2. The second-order valence-electron chi connectivity index (χ2n) is 7.42. The predicted molar refractivity (Wildman–Crippen MR) is 116 cm³/mol. The normalized spacial score (nSPS) is 16.3. The van der Waals surface area contributed by atoms with E-state index in [1.54, 1.807) is 0 Å². The van der Waals surface area contributed by atoms with Gasteiger partial charge in [0.1, 0.15) is 17.5 Å². The molecule has 5 heteroatoms. The molecule has 0 spiro atoms. The maximum atomic E-state index is 13.0. The Morgan fingerprint density at radius 3 is 2.17 bits per heavy atom. The highest BCUT2D eigenvalue weighted by molar-refractivity contribution is 6.03. The monoisotopic (exact) mass is 384 g/mol. The molecule has 29 heavy (non-hydrogen) atoms. The van der Waals surface area contributed by atoms with E-state index in [9.17, 15) is 10.1 Å². The number of rotatable bonds is 4.